The van der Waals surface area contributed by atoms with E-state index in [0.29, 0.717) is 12.1 Å². The van der Waals surface area contributed by atoms with Crippen molar-refractivity contribution < 1.29 is 4.74 Å². The SMILES string of the molecule is CC1CCN(CCOC2CCCCC2)CCCN1. The van der Waals surface area contributed by atoms with Crippen LogP contribution in [0, 0.1) is 0 Å². The van der Waals surface area contributed by atoms with Crippen LogP contribution >= 0.6 is 0 Å². The molecule has 106 valence electrons. The third-order valence-corrected chi connectivity index (χ3v) is 4.34. The molecule has 2 fully saturated rings. The molecule has 3 nitrogen and oxygen atoms in total. The molecule has 1 N–H and O–H groups in total. The highest BCUT2D eigenvalue weighted by Crippen LogP contribution is 2.20. The van der Waals surface area contributed by atoms with Crippen molar-refractivity contribution in [1.29, 1.82) is 0 Å². The number of rotatable bonds is 4. The van der Waals surface area contributed by atoms with Gasteiger partial charge in [-0.25, -0.2) is 0 Å². The van der Waals surface area contributed by atoms with Gasteiger partial charge < -0.3 is 15.0 Å². The maximum absolute atomic E-state index is 6.03. The average molecular weight is 254 g/mol. The summed E-state index contributed by atoms with van der Waals surface area (Å²) >= 11 is 0. The summed E-state index contributed by atoms with van der Waals surface area (Å²) in [6.07, 6.45) is 9.85. The third kappa shape index (κ3) is 5.25. The van der Waals surface area contributed by atoms with Gasteiger partial charge in [-0.3, -0.25) is 0 Å². The summed E-state index contributed by atoms with van der Waals surface area (Å²) < 4.78 is 6.03. The highest BCUT2D eigenvalue weighted by atomic mass is 16.5. The fourth-order valence-electron chi connectivity index (χ4n) is 3.05. The lowest BCUT2D eigenvalue weighted by molar-refractivity contribution is 0.0151. The van der Waals surface area contributed by atoms with Crippen LogP contribution in [0.4, 0.5) is 0 Å². The molecule has 1 heterocycles. The zero-order valence-electron chi connectivity index (χ0n) is 12.0. The monoisotopic (exact) mass is 254 g/mol. The molecule has 2 aliphatic rings. The standard InChI is InChI=1S/C15H30N2O/c1-14-8-11-17(10-5-9-16-14)12-13-18-15-6-3-2-4-7-15/h14-16H,2-13H2,1H3. The molecule has 0 radical (unpaired) electrons. The molecule has 1 aliphatic carbocycles. The number of nitrogens with zero attached hydrogens (tertiary/aromatic N) is 1. The van der Waals surface area contributed by atoms with E-state index in [4.69, 9.17) is 4.74 Å². The average Bonchev–Trinajstić information content (AvgIpc) is 2.38. The van der Waals surface area contributed by atoms with E-state index in [1.165, 1.54) is 64.6 Å². The molecular weight excluding hydrogens is 224 g/mol. The topological polar surface area (TPSA) is 24.5 Å². The lowest BCUT2D eigenvalue weighted by Crippen LogP contribution is -2.40. The van der Waals surface area contributed by atoms with Gasteiger partial charge in [0.15, 0.2) is 0 Å². The Labute approximate surface area is 112 Å². The van der Waals surface area contributed by atoms with E-state index in [9.17, 15) is 0 Å². The fraction of sp³-hybridized carbons (Fsp3) is 1.00. The van der Waals surface area contributed by atoms with Gasteiger partial charge in [0.1, 0.15) is 0 Å². The first kappa shape index (κ1) is 14.3. The molecule has 0 amide bonds. The van der Waals surface area contributed by atoms with E-state index in [1.807, 2.05) is 0 Å². The second kappa shape index (κ2) is 8.13. The van der Waals surface area contributed by atoms with E-state index in [0.717, 1.165) is 13.2 Å². The summed E-state index contributed by atoms with van der Waals surface area (Å²) in [5.41, 5.74) is 0. The van der Waals surface area contributed by atoms with Crippen LogP contribution in [0.15, 0.2) is 0 Å². The zero-order valence-corrected chi connectivity index (χ0v) is 12.0. The molecule has 0 bridgehead atoms. The van der Waals surface area contributed by atoms with Crippen molar-refractivity contribution in [3.05, 3.63) is 0 Å². The van der Waals surface area contributed by atoms with Crippen molar-refractivity contribution >= 4 is 0 Å². The Hall–Kier alpha value is -0.120. The van der Waals surface area contributed by atoms with Gasteiger partial charge in [-0.2, -0.15) is 0 Å². The minimum absolute atomic E-state index is 0.564. The zero-order chi connectivity index (χ0) is 12.6. The minimum Gasteiger partial charge on any atom is -0.377 e. The number of nitrogens with one attached hydrogen (secondary N) is 1. The molecule has 1 saturated carbocycles. The Balaban J connectivity index is 1.59. The van der Waals surface area contributed by atoms with Crippen molar-refractivity contribution in [2.24, 2.45) is 0 Å². The van der Waals surface area contributed by atoms with Crippen LogP contribution in [0.2, 0.25) is 0 Å². The van der Waals surface area contributed by atoms with Crippen molar-refractivity contribution in [3.63, 3.8) is 0 Å². The molecule has 0 aromatic rings. The molecule has 1 unspecified atom stereocenters. The fourth-order valence-corrected chi connectivity index (χ4v) is 3.05. The van der Waals surface area contributed by atoms with Crippen LogP contribution in [0.5, 0.6) is 0 Å². The minimum atomic E-state index is 0.564. The van der Waals surface area contributed by atoms with Gasteiger partial charge in [-0.05, 0) is 52.2 Å². The molecule has 18 heavy (non-hydrogen) atoms. The van der Waals surface area contributed by atoms with Crippen molar-refractivity contribution in [1.82, 2.24) is 10.2 Å². The Morgan fingerprint density at radius 1 is 1.06 bits per heavy atom. The summed E-state index contributed by atoms with van der Waals surface area (Å²) in [5.74, 6) is 0. The summed E-state index contributed by atoms with van der Waals surface area (Å²) in [4.78, 5) is 2.58. The van der Waals surface area contributed by atoms with E-state index < -0.39 is 0 Å². The lowest BCUT2D eigenvalue weighted by Gasteiger charge is -2.29. The lowest BCUT2D eigenvalue weighted by atomic mass is 9.98. The van der Waals surface area contributed by atoms with Crippen LogP contribution in [0.3, 0.4) is 0 Å². The van der Waals surface area contributed by atoms with Crippen LogP contribution in [-0.2, 0) is 4.74 Å². The van der Waals surface area contributed by atoms with Gasteiger partial charge in [-0.1, -0.05) is 19.3 Å². The highest BCUT2D eigenvalue weighted by molar-refractivity contribution is 4.70. The molecule has 1 saturated heterocycles. The molecule has 1 aliphatic heterocycles. The molecular formula is C15H30N2O. The van der Waals surface area contributed by atoms with Gasteiger partial charge in [0.2, 0.25) is 0 Å². The maximum atomic E-state index is 6.03. The molecule has 3 heteroatoms. The molecule has 1 atom stereocenters. The van der Waals surface area contributed by atoms with E-state index in [2.05, 4.69) is 17.1 Å². The van der Waals surface area contributed by atoms with Gasteiger partial charge in [0.05, 0.1) is 12.7 Å². The summed E-state index contributed by atoms with van der Waals surface area (Å²) in [5, 5.41) is 3.55. The van der Waals surface area contributed by atoms with Gasteiger partial charge in [0.25, 0.3) is 0 Å². The number of hydrogen-bond donors (Lipinski definition) is 1. The van der Waals surface area contributed by atoms with Crippen molar-refractivity contribution in [2.45, 2.75) is 64.0 Å². The Bertz CT molecular complexity index is 217. The predicted octanol–water partition coefficient (Wildman–Crippen LogP) is 2.41. The molecule has 0 spiro atoms. The second-order valence-corrected chi connectivity index (χ2v) is 5.97. The van der Waals surface area contributed by atoms with Crippen LogP contribution in [0.1, 0.15) is 51.9 Å². The van der Waals surface area contributed by atoms with Crippen molar-refractivity contribution in [3.8, 4) is 0 Å². The second-order valence-electron chi connectivity index (χ2n) is 5.97. The van der Waals surface area contributed by atoms with Gasteiger partial charge in [-0.15, -0.1) is 0 Å². The van der Waals surface area contributed by atoms with Crippen LogP contribution in [0.25, 0.3) is 0 Å². The Morgan fingerprint density at radius 2 is 1.89 bits per heavy atom. The van der Waals surface area contributed by atoms with E-state index in [-0.39, 0.29) is 0 Å². The Morgan fingerprint density at radius 3 is 2.72 bits per heavy atom. The normalized spacial score (nSPS) is 28.8. The predicted molar refractivity (Wildman–Crippen MR) is 76.0 cm³/mol. The molecule has 2 rings (SSSR count). The first-order valence-electron chi connectivity index (χ1n) is 7.92. The molecule has 0 aromatic carbocycles. The van der Waals surface area contributed by atoms with Gasteiger partial charge in [0, 0.05) is 12.6 Å². The van der Waals surface area contributed by atoms with Crippen LogP contribution in [-0.4, -0.2) is 49.8 Å². The van der Waals surface area contributed by atoms with E-state index in [1.54, 1.807) is 0 Å². The number of hydrogen-bond acceptors (Lipinski definition) is 3. The number of ether oxygens (including phenoxy) is 1. The molecule has 0 aromatic heterocycles. The van der Waals surface area contributed by atoms with Crippen LogP contribution < -0.4 is 5.32 Å². The summed E-state index contributed by atoms with van der Waals surface area (Å²) in [7, 11) is 0. The maximum Gasteiger partial charge on any atom is 0.0597 e. The first-order chi connectivity index (χ1) is 8.84. The summed E-state index contributed by atoms with van der Waals surface area (Å²) in [6, 6.07) is 0.673. The smallest absolute Gasteiger partial charge is 0.0597 e. The van der Waals surface area contributed by atoms with E-state index >= 15 is 0 Å². The van der Waals surface area contributed by atoms with Crippen molar-refractivity contribution in [2.75, 3.05) is 32.8 Å². The third-order valence-electron chi connectivity index (χ3n) is 4.34. The largest absolute Gasteiger partial charge is 0.377 e. The quantitative estimate of drug-likeness (QED) is 0.834. The summed E-state index contributed by atoms with van der Waals surface area (Å²) in [6.45, 7) is 7.98. The van der Waals surface area contributed by atoms with Gasteiger partial charge >= 0.3 is 0 Å². The first-order valence-corrected chi connectivity index (χ1v) is 7.92. The Kier molecular flexibility index (Phi) is 6.46. The highest BCUT2D eigenvalue weighted by Gasteiger charge is 2.15.